The molecule has 0 aliphatic rings. The van der Waals surface area contributed by atoms with Crippen LogP contribution in [0.15, 0.2) is 65.5 Å². The molecule has 2 N–H and O–H groups in total. The van der Waals surface area contributed by atoms with Crippen LogP contribution in [-0.2, 0) is 6.42 Å². The fourth-order valence-electron chi connectivity index (χ4n) is 3.42. The summed E-state index contributed by atoms with van der Waals surface area (Å²) in [4.78, 5) is 3.97. The molecule has 0 radical (unpaired) electrons. The number of rotatable bonds is 6. The predicted octanol–water partition coefficient (Wildman–Crippen LogP) is 5.60. The second-order valence-corrected chi connectivity index (χ2v) is 8.32. The number of nitrogen functional groups attached to an aromatic ring is 1. The lowest BCUT2D eigenvalue weighted by atomic mass is 10.1. The number of nitrogens with zero attached hydrogens (tertiary/aromatic N) is 6. The molecule has 178 valence electrons. The van der Waals surface area contributed by atoms with Crippen molar-refractivity contribution in [2.24, 2.45) is 0 Å². The minimum absolute atomic E-state index is 0.0379. The summed E-state index contributed by atoms with van der Waals surface area (Å²) in [6.07, 6.45) is 4.70. The molecule has 0 amide bonds. The van der Waals surface area contributed by atoms with Gasteiger partial charge in [-0.1, -0.05) is 29.3 Å². The third-order valence-electron chi connectivity index (χ3n) is 5.10. The van der Waals surface area contributed by atoms with Crippen molar-refractivity contribution in [3.63, 3.8) is 0 Å². The van der Waals surface area contributed by atoms with Gasteiger partial charge in [-0.05, 0) is 36.4 Å². The molecule has 3 aromatic heterocycles. The molecule has 0 aliphatic carbocycles. The number of hydrogen-bond acceptors (Lipinski definition) is 8. The second kappa shape index (κ2) is 9.65. The number of hydrogen-bond donors (Lipinski definition) is 1. The number of nitriles is 1. The molecule has 0 saturated heterocycles. The van der Waals surface area contributed by atoms with E-state index in [1.54, 1.807) is 24.5 Å². The molecule has 3 heterocycles. The zero-order valence-electron chi connectivity index (χ0n) is 18.2. The lowest BCUT2D eigenvalue weighted by molar-refractivity contribution is 0.437. The maximum atomic E-state index is 15.3. The molecule has 0 atom stereocenters. The van der Waals surface area contributed by atoms with E-state index in [2.05, 4.69) is 20.3 Å². The molecule has 36 heavy (non-hydrogen) atoms. The maximum Gasteiger partial charge on any atom is 0.253 e. The first kappa shape index (κ1) is 23.3. The Balaban J connectivity index is 1.40. The van der Waals surface area contributed by atoms with Gasteiger partial charge in [0.1, 0.15) is 17.1 Å². The topological polar surface area (TPSA) is 129 Å². The first-order valence-electron chi connectivity index (χ1n) is 10.3. The largest absolute Gasteiger partial charge is 0.453 e. The van der Waals surface area contributed by atoms with E-state index >= 15 is 4.39 Å². The van der Waals surface area contributed by atoms with E-state index in [1.165, 1.54) is 41.2 Å². The lowest BCUT2D eigenvalue weighted by Crippen LogP contribution is -2.02. The van der Waals surface area contributed by atoms with Gasteiger partial charge in [-0.3, -0.25) is 4.98 Å². The minimum Gasteiger partial charge on any atom is -0.453 e. The molecular formula is C24H14Cl2FN7O2. The van der Waals surface area contributed by atoms with Crippen molar-refractivity contribution in [3.05, 3.63) is 93.9 Å². The van der Waals surface area contributed by atoms with Gasteiger partial charge in [0.15, 0.2) is 11.6 Å². The summed E-state index contributed by atoms with van der Waals surface area (Å²) in [6, 6.07) is 12.8. The smallest absolute Gasteiger partial charge is 0.253 e. The Bertz CT molecular complexity index is 1610. The van der Waals surface area contributed by atoms with Crippen LogP contribution in [0.25, 0.3) is 17.1 Å². The Morgan fingerprint density at radius 3 is 2.69 bits per heavy atom. The normalized spacial score (nSPS) is 10.8. The third kappa shape index (κ3) is 4.57. The van der Waals surface area contributed by atoms with Crippen LogP contribution in [0.4, 0.5) is 10.2 Å². The Labute approximate surface area is 213 Å². The van der Waals surface area contributed by atoms with Crippen LogP contribution in [0, 0.1) is 17.1 Å². The molecular weight excluding hydrogens is 508 g/mol. The molecule has 0 aliphatic heterocycles. The van der Waals surface area contributed by atoms with E-state index in [0.29, 0.717) is 17.1 Å². The molecule has 5 rings (SSSR count). The summed E-state index contributed by atoms with van der Waals surface area (Å²) < 4.78 is 28.2. The quantitative estimate of drug-likeness (QED) is 0.305. The lowest BCUT2D eigenvalue weighted by Gasteiger charge is -2.11. The SMILES string of the molecule is N#Cc1cc(Cl)cc(Oc2c(Cl)ccc(Cc3nnc(-c4cnn(-c5ccncc5)c4N)o3)c2F)c1. The molecule has 0 bridgehead atoms. The number of ether oxygens (including phenoxy) is 1. The molecule has 2 aromatic carbocycles. The van der Waals surface area contributed by atoms with Crippen LogP contribution in [0.3, 0.4) is 0 Å². The van der Waals surface area contributed by atoms with Crippen molar-refractivity contribution in [2.75, 3.05) is 5.73 Å². The number of anilines is 1. The van der Waals surface area contributed by atoms with E-state index in [9.17, 15) is 0 Å². The van der Waals surface area contributed by atoms with Crippen LogP contribution in [0.5, 0.6) is 11.5 Å². The van der Waals surface area contributed by atoms with Crippen molar-refractivity contribution < 1.29 is 13.5 Å². The van der Waals surface area contributed by atoms with Crippen LogP contribution in [0.1, 0.15) is 17.0 Å². The van der Waals surface area contributed by atoms with Crippen molar-refractivity contribution >= 4 is 29.0 Å². The molecule has 0 unspecified atom stereocenters. The fourth-order valence-corrected chi connectivity index (χ4v) is 3.83. The Kier molecular flexibility index (Phi) is 6.25. The maximum absolute atomic E-state index is 15.3. The van der Waals surface area contributed by atoms with Gasteiger partial charge in [0.05, 0.1) is 35.0 Å². The van der Waals surface area contributed by atoms with Gasteiger partial charge < -0.3 is 14.9 Å². The highest BCUT2D eigenvalue weighted by Gasteiger charge is 2.20. The zero-order chi connectivity index (χ0) is 25.2. The van der Waals surface area contributed by atoms with Gasteiger partial charge in [-0.25, -0.2) is 9.07 Å². The molecule has 0 fully saturated rings. The predicted molar refractivity (Wildman–Crippen MR) is 130 cm³/mol. The summed E-state index contributed by atoms with van der Waals surface area (Å²) >= 11 is 12.2. The van der Waals surface area contributed by atoms with Crippen molar-refractivity contribution in [2.45, 2.75) is 6.42 Å². The van der Waals surface area contributed by atoms with Crippen LogP contribution in [-0.4, -0.2) is 25.0 Å². The molecule has 5 aromatic rings. The van der Waals surface area contributed by atoms with Gasteiger partial charge >= 0.3 is 0 Å². The Morgan fingerprint density at radius 1 is 1.11 bits per heavy atom. The Morgan fingerprint density at radius 2 is 1.92 bits per heavy atom. The summed E-state index contributed by atoms with van der Waals surface area (Å²) in [6.45, 7) is 0. The van der Waals surface area contributed by atoms with Gasteiger partial charge in [0, 0.05) is 23.0 Å². The van der Waals surface area contributed by atoms with E-state index in [0.717, 1.165) is 0 Å². The van der Waals surface area contributed by atoms with Gasteiger partial charge in [-0.15, -0.1) is 10.2 Å². The number of aromatic nitrogens is 5. The molecule has 0 spiro atoms. The van der Waals surface area contributed by atoms with E-state index in [1.807, 2.05) is 6.07 Å². The highest BCUT2D eigenvalue weighted by Crippen LogP contribution is 2.36. The first-order chi connectivity index (χ1) is 17.4. The first-order valence-corrected chi connectivity index (χ1v) is 11.1. The van der Waals surface area contributed by atoms with E-state index < -0.39 is 5.82 Å². The number of halogens is 3. The zero-order valence-corrected chi connectivity index (χ0v) is 19.7. The van der Waals surface area contributed by atoms with Gasteiger partial charge in [-0.2, -0.15) is 10.4 Å². The summed E-state index contributed by atoms with van der Waals surface area (Å²) in [5.74, 6) is -0.199. The van der Waals surface area contributed by atoms with Crippen molar-refractivity contribution in [3.8, 4) is 34.7 Å². The monoisotopic (exact) mass is 521 g/mol. The average molecular weight is 522 g/mol. The summed E-state index contributed by atoms with van der Waals surface area (Å²) in [5.41, 5.74) is 7.83. The second-order valence-electron chi connectivity index (χ2n) is 7.48. The number of pyridine rings is 1. The number of benzene rings is 2. The van der Waals surface area contributed by atoms with Crippen LogP contribution >= 0.6 is 23.2 Å². The van der Waals surface area contributed by atoms with Crippen molar-refractivity contribution in [1.82, 2.24) is 25.0 Å². The fraction of sp³-hybridized carbons (Fsp3) is 0.0417. The van der Waals surface area contributed by atoms with Crippen LogP contribution < -0.4 is 10.5 Å². The highest BCUT2D eigenvalue weighted by atomic mass is 35.5. The van der Waals surface area contributed by atoms with Crippen molar-refractivity contribution in [1.29, 1.82) is 5.26 Å². The molecule has 9 nitrogen and oxygen atoms in total. The summed E-state index contributed by atoms with van der Waals surface area (Å²) in [7, 11) is 0. The minimum atomic E-state index is -0.717. The van der Waals surface area contributed by atoms with E-state index in [-0.39, 0.29) is 50.9 Å². The van der Waals surface area contributed by atoms with E-state index in [4.69, 9.17) is 43.4 Å². The van der Waals surface area contributed by atoms with Gasteiger partial charge in [0.2, 0.25) is 5.89 Å². The Hall–Kier alpha value is -4.46. The third-order valence-corrected chi connectivity index (χ3v) is 5.62. The average Bonchev–Trinajstić information content (AvgIpc) is 3.50. The van der Waals surface area contributed by atoms with Crippen LogP contribution in [0.2, 0.25) is 10.0 Å². The molecule has 0 saturated carbocycles. The van der Waals surface area contributed by atoms with Gasteiger partial charge in [0.25, 0.3) is 5.89 Å². The highest BCUT2D eigenvalue weighted by molar-refractivity contribution is 6.32. The molecule has 12 heteroatoms. The standard InChI is InChI=1S/C24H14Cl2FN7O2/c25-15-7-13(11-28)8-17(10-15)35-22-19(26)2-1-14(21(22)27)9-20-32-33-24(36-20)18-12-31-34(23(18)29)16-3-5-30-6-4-16/h1-8,10,12H,9,29H2. The summed E-state index contributed by atoms with van der Waals surface area (Å²) in [5, 5.41) is 21.7. The number of nitrogens with two attached hydrogens (primary N) is 1.